The molecule has 0 unspecified atom stereocenters. The van der Waals surface area contributed by atoms with E-state index < -0.39 is 0 Å². The summed E-state index contributed by atoms with van der Waals surface area (Å²) in [4.78, 5) is 42.0. The number of aryl methyl sites for hydroxylation is 2. The first-order chi connectivity index (χ1) is 13.4. The van der Waals surface area contributed by atoms with Crippen molar-refractivity contribution in [2.75, 3.05) is 42.9 Å². The quantitative estimate of drug-likeness (QED) is 0.811. The predicted molar refractivity (Wildman–Crippen MR) is 108 cm³/mol. The predicted octanol–water partition coefficient (Wildman–Crippen LogP) is 0.739. The molecular formula is C19H27N7O2. The lowest BCUT2D eigenvalue weighted by Crippen LogP contribution is -2.50. The van der Waals surface area contributed by atoms with Crippen molar-refractivity contribution >= 4 is 17.5 Å². The minimum atomic E-state index is -0.160. The lowest BCUT2D eigenvalue weighted by molar-refractivity contribution is -0.132. The first-order valence-corrected chi connectivity index (χ1v) is 9.54. The Morgan fingerprint density at radius 3 is 2.54 bits per heavy atom. The zero-order chi connectivity index (χ0) is 20.3. The molecule has 0 saturated carbocycles. The molecule has 1 amide bonds. The highest BCUT2D eigenvalue weighted by Gasteiger charge is 2.23. The van der Waals surface area contributed by atoms with Gasteiger partial charge in [0.25, 0.3) is 5.56 Å². The Labute approximate surface area is 164 Å². The van der Waals surface area contributed by atoms with Crippen molar-refractivity contribution in [3.05, 3.63) is 39.8 Å². The van der Waals surface area contributed by atoms with Crippen LogP contribution in [-0.4, -0.2) is 63.0 Å². The van der Waals surface area contributed by atoms with Crippen LogP contribution in [0.1, 0.15) is 24.0 Å². The zero-order valence-corrected chi connectivity index (χ0v) is 16.9. The highest BCUT2D eigenvalue weighted by atomic mass is 16.2. The van der Waals surface area contributed by atoms with Gasteiger partial charge in [-0.15, -0.1) is 0 Å². The molecule has 3 heterocycles. The van der Waals surface area contributed by atoms with E-state index in [2.05, 4.69) is 25.2 Å². The fourth-order valence-corrected chi connectivity index (χ4v) is 3.20. The first-order valence-electron chi connectivity index (χ1n) is 9.54. The molecule has 0 radical (unpaired) electrons. The van der Waals surface area contributed by atoms with Gasteiger partial charge in [0.15, 0.2) is 0 Å². The second-order valence-corrected chi connectivity index (χ2v) is 6.94. The molecule has 28 heavy (non-hydrogen) atoms. The molecule has 1 saturated heterocycles. The van der Waals surface area contributed by atoms with E-state index in [0.29, 0.717) is 43.3 Å². The molecule has 150 valence electrons. The summed E-state index contributed by atoms with van der Waals surface area (Å²) in [6, 6.07) is 1.94. The molecule has 1 fully saturated rings. The van der Waals surface area contributed by atoms with Crippen LogP contribution in [0, 0.1) is 20.8 Å². The van der Waals surface area contributed by atoms with E-state index in [1.807, 2.05) is 19.9 Å². The number of nitrogens with one attached hydrogen (secondary N) is 1. The van der Waals surface area contributed by atoms with Gasteiger partial charge in [-0.3, -0.25) is 14.2 Å². The van der Waals surface area contributed by atoms with Crippen LogP contribution in [0.5, 0.6) is 0 Å². The average Bonchev–Trinajstić information content (AvgIpc) is 2.68. The number of amides is 1. The molecule has 1 aliphatic heterocycles. The monoisotopic (exact) mass is 385 g/mol. The van der Waals surface area contributed by atoms with Gasteiger partial charge in [0.2, 0.25) is 5.91 Å². The van der Waals surface area contributed by atoms with Gasteiger partial charge in [0, 0.05) is 50.0 Å². The number of rotatable bonds is 5. The van der Waals surface area contributed by atoms with Gasteiger partial charge in [-0.1, -0.05) is 0 Å². The Morgan fingerprint density at radius 1 is 1.14 bits per heavy atom. The zero-order valence-electron chi connectivity index (χ0n) is 16.9. The maximum Gasteiger partial charge on any atom is 0.256 e. The number of carbonyl (C=O) groups excluding carboxylic acids is 1. The molecule has 9 heteroatoms. The number of piperazine rings is 1. The second kappa shape index (κ2) is 8.37. The third kappa shape index (κ3) is 4.29. The molecule has 0 aromatic carbocycles. The van der Waals surface area contributed by atoms with E-state index >= 15 is 0 Å². The normalized spacial score (nSPS) is 14.3. The summed E-state index contributed by atoms with van der Waals surface area (Å²) in [6.07, 6.45) is 1.45. The molecular weight excluding hydrogens is 358 g/mol. The number of hydrogen-bond acceptors (Lipinski definition) is 7. The van der Waals surface area contributed by atoms with Gasteiger partial charge in [-0.25, -0.2) is 15.0 Å². The van der Waals surface area contributed by atoms with Gasteiger partial charge in [0.05, 0.1) is 6.33 Å². The van der Waals surface area contributed by atoms with Crippen LogP contribution in [0.3, 0.4) is 0 Å². The lowest BCUT2D eigenvalue weighted by Gasteiger charge is -2.35. The smallest absolute Gasteiger partial charge is 0.256 e. The lowest BCUT2D eigenvalue weighted by atomic mass is 10.2. The number of anilines is 2. The molecule has 1 N–H and O–H groups in total. The van der Waals surface area contributed by atoms with Gasteiger partial charge in [0.1, 0.15) is 24.0 Å². The fraction of sp³-hybridized carbons (Fsp3) is 0.526. The fourth-order valence-electron chi connectivity index (χ4n) is 3.20. The van der Waals surface area contributed by atoms with Crippen LogP contribution in [0.4, 0.5) is 11.6 Å². The van der Waals surface area contributed by atoms with Crippen molar-refractivity contribution in [3.63, 3.8) is 0 Å². The summed E-state index contributed by atoms with van der Waals surface area (Å²) < 4.78 is 1.38. The summed E-state index contributed by atoms with van der Waals surface area (Å²) in [5, 5.41) is 3.22. The van der Waals surface area contributed by atoms with Crippen LogP contribution in [0.15, 0.2) is 17.2 Å². The molecule has 0 aliphatic carbocycles. The minimum Gasteiger partial charge on any atom is -0.370 e. The molecule has 2 aromatic rings. The summed E-state index contributed by atoms with van der Waals surface area (Å²) in [6.45, 7) is 10.8. The van der Waals surface area contributed by atoms with Crippen LogP contribution in [0.2, 0.25) is 0 Å². The molecule has 0 bridgehead atoms. The minimum absolute atomic E-state index is 0.0180. The number of carbonyl (C=O) groups is 1. The van der Waals surface area contributed by atoms with E-state index in [0.717, 1.165) is 18.2 Å². The molecule has 0 atom stereocenters. The molecule has 2 aromatic heterocycles. The Morgan fingerprint density at radius 2 is 1.86 bits per heavy atom. The Hall–Kier alpha value is -2.97. The van der Waals surface area contributed by atoms with E-state index in [1.54, 1.807) is 18.7 Å². The SMILES string of the molecule is CCNc1cc(N2CCN(C(=O)Cn3cnc(C)c(C)c3=O)CC2)nc(C)n1. The number of nitrogens with zero attached hydrogens (tertiary/aromatic N) is 6. The highest BCUT2D eigenvalue weighted by Crippen LogP contribution is 2.18. The third-order valence-corrected chi connectivity index (χ3v) is 4.96. The molecule has 3 rings (SSSR count). The summed E-state index contributed by atoms with van der Waals surface area (Å²) in [7, 11) is 0. The van der Waals surface area contributed by atoms with Crippen molar-refractivity contribution in [3.8, 4) is 0 Å². The van der Waals surface area contributed by atoms with Gasteiger partial charge < -0.3 is 15.1 Å². The average molecular weight is 385 g/mol. The number of hydrogen-bond donors (Lipinski definition) is 1. The van der Waals surface area contributed by atoms with Crippen LogP contribution in [0.25, 0.3) is 0 Å². The standard InChI is InChI=1S/C19H27N7O2/c1-5-20-16-10-17(23-15(4)22-16)24-6-8-25(9-7-24)18(27)11-26-12-21-14(3)13(2)19(26)28/h10,12H,5-9,11H2,1-4H3,(H,20,22,23). The second-order valence-electron chi connectivity index (χ2n) is 6.94. The van der Waals surface area contributed by atoms with Crippen molar-refractivity contribution < 1.29 is 4.79 Å². The largest absolute Gasteiger partial charge is 0.370 e. The third-order valence-electron chi connectivity index (χ3n) is 4.96. The van der Waals surface area contributed by atoms with E-state index in [9.17, 15) is 9.59 Å². The molecule has 1 aliphatic rings. The van der Waals surface area contributed by atoms with Gasteiger partial charge in [-0.2, -0.15) is 0 Å². The van der Waals surface area contributed by atoms with Gasteiger partial charge in [-0.05, 0) is 27.7 Å². The molecule has 0 spiro atoms. The van der Waals surface area contributed by atoms with E-state index in [4.69, 9.17) is 0 Å². The molecule has 9 nitrogen and oxygen atoms in total. The van der Waals surface area contributed by atoms with E-state index in [-0.39, 0.29) is 18.0 Å². The van der Waals surface area contributed by atoms with Crippen molar-refractivity contribution in [2.45, 2.75) is 34.2 Å². The van der Waals surface area contributed by atoms with Crippen molar-refractivity contribution in [1.82, 2.24) is 24.4 Å². The Kier molecular flexibility index (Phi) is 5.91. The Bertz CT molecular complexity index is 917. The number of aromatic nitrogens is 4. The topological polar surface area (TPSA) is 96.2 Å². The van der Waals surface area contributed by atoms with Crippen LogP contribution in [-0.2, 0) is 11.3 Å². The van der Waals surface area contributed by atoms with E-state index in [1.165, 1.54) is 10.9 Å². The maximum atomic E-state index is 12.6. The summed E-state index contributed by atoms with van der Waals surface area (Å²) in [5.41, 5.74) is 1.11. The first kappa shape index (κ1) is 19.8. The maximum absolute atomic E-state index is 12.6. The van der Waals surface area contributed by atoms with Gasteiger partial charge >= 0.3 is 0 Å². The summed E-state index contributed by atoms with van der Waals surface area (Å²) >= 11 is 0. The van der Waals surface area contributed by atoms with Crippen molar-refractivity contribution in [2.24, 2.45) is 0 Å². The van der Waals surface area contributed by atoms with Crippen molar-refractivity contribution in [1.29, 1.82) is 0 Å². The van der Waals surface area contributed by atoms with Crippen LogP contribution >= 0.6 is 0 Å². The highest BCUT2D eigenvalue weighted by molar-refractivity contribution is 5.76. The summed E-state index contributed by atoms with van der Waals surface area (Å²) in [5.74, 6) is 2.32. The Balaban J connectivity index is 1.63. The van der Waals surface area contributed by atoms with Crippen LogP contribution < -0.4 is 15.8 Å².